The third kappa shape index (κ3) is 3.77. The quantitative estimate of drug-likeness (QED) is 0.673. The molecular weight excluding hydrogens is 318 g/mol. The fourth-order valence-electron chi connectivity index (χ4n) is 3.09. The molecule has 0 aromatic heterocycles. The lowest BCUT2D eigenvalue weighted by Crippen LogP contribution is -2.41. The van der Waals surface area contributed by atoms with E-state index in [0.29, 0.717) is 11.4 Å². The summed E-state index contributed by atoms with van der Waals surface area (Å²) in [5, 5.41) is 0. The molecule has 1 atom stereocenters. The van der Waals surface area contributed by atoms with Crippen LogP contribution in [0.3, 0.4) is 0 Å². The molecule has 128 valence electrons. The molecule has 0 aliphatic rings. The summed E-state index contributed by atoms with van der Waals surface area (Å²) in [6.45, 7) is 6.39. The first-order valence-electron chi connectivity index (χ1n) is 8.14. The molecule has 0 fully saturated rings. The summed E-state index contributed by atoms with van der Waals surface area (Å²) < 4.78 is 27.2. The van der Waals surface area contributed by atoms with E-state index in [0.717, 1.165) is 18.4 Å². The van der Waals surface area contributed by atoms with Gasteiger partial charge in [0.2, 0.25) is 10.0 Å². The van der Waals surface area contributed by atoms with Crippen molar-refractivity contribution in [2.24, 2.45) is 0 Å². The Hall–Kier alpha value is -1.91. The van der Waals surface area contributed by atoms with Crippen molar-refractivity contribution < 1.29 is 8.42 Å². The Kier molecular flexibility index (Phi) is 5.97. The zero-order chi connectivity index (χ0) is 17.6. The van der Waals surface area contributed by atoms with Crippen LogP contribution in [-0.2, 0) is 15.4 Å². The van der Waals surface area contributed by atoms with E-state index in [9.17, 15) is 8.42 Å². The Balaban J connectivity index is 2.38. The largest absolute Gasteiger partial charge is 0.242 e. The van der Waals surface area contributed by atoms with Gasteiger partial charge in [0.15, 0.2) is 0 Å². The number of benzene rings is 2. The molecule has 0 N–H and O–H groups in total. The summed E-state index contributed by atoms with van der Waals surface area (Å²) in [6, 6.07) is 18.7. The Labute approximate surface area is 145 Å². The number of hydrogen-bond donors (Lipinski definition) is 0. The lowest BCUT2D eigenvalue weighted by atomic mass is 9.75. The van der Waals surface area contributed by atoms with E-state index >= 15 is 0 Å². The molecular formula is C20H25NO2S. The van der Waals surface area contributed by atoms with Gasteiger partial charge in [-0.2, -0.15) is 0 Å². The van der Waals surface area contributed by atoms with Gasteiger partial charge in [-0.1, -0.05) is 61.5 Å². The standard InChI is InChI=1S/C20H25NO2S/c1-4-16-20(5-2,18-12-8-6-9-13-18)17-21(3)24(22,23)19-14-10-7-11-15-19/h4,6-15H,1,5,16-17H2,2-3H3. The van der Waals surface area contributed by atoms with Crippen LogP contribution in [0, 0.1) is 0 Å². The van der Waals surface area contributed by atoms with E-state index in [4.69, 9.17) is 0 Å². The summed E-state index contributed by atoms with van der Waals surface area (Å²) >= 11 is 0. The molecule has 0 aliphatic carbocycles. The predicted octanol–water partition coefficient (Wildman–Crippen LogP) is 4.23. The van der Waals surface area contributed by atoms with Gasteiger partial charge >= 0.3 is 0 Å². The minimum absolute atomic E-state index is 0.278. The zero-order valence-corrected chi connectivity index (χ0v) is 15.2. The van der Waals surface area contributed by atoms with Crippen LogP contribution in [0.5, 0.6) is 0 Å². The topological polar surface area (TPSA) is 37.4 Å². The average Bonchev–Trinajstić information content (AvgIpc) is 2.62. The van der Waals surface area contributed by atoms with E-state index in [-0.39, 0.29) is 5.41 Å². The lowest BCUT2D eigenvalue weighted by Gasteiger charge is -2.36. The van der Waals surface area contributed by atoms with E-state index in [1.165, 1.54) is 4.31 Å². The third-order valence-corrected chi connectivity index (χ3v) is 6.39. The molecule has 1 unspecified atom stereocenters. The molecule has 0 saturated carbocycles. The summed E-state index contributed by atoms with van der Waals surface area (Å²) in [4.78, 5) is 0.323. The van der Waals surface area contributed by atoms with Crippen molar-refractivity contribution in [1.29, 1.82) is 0 Å². The molecule has 0 amide bonds. The second-order valence-electron chi connectivity index (χ2n) is 6.07. The van der Waals surface area contributed by atoms with Crippen LogP contribution in [0.1, 0.15) is 25.3 Å². The van der Waals surface area contributed by atoms with Gasteiger partial charge in [0.1, 0.15) is 0 Å². The molecule has 0 saturated heterocycles. The van der Waals surface area contributed by atoms with Crippen molar-refractivity contribution in [3.63, 3.8) is 0 Å². The van der Waals surface area contributed by atoms with Gasteiger partial charge in [-0.3, -0.25) is 0 Å². The molecule has 2 rings (SSSR count). The van der Waals surface area contributed by atoms with Crippen LogP contribution in [0.15, 0.2) is 78.2 Å². The maximum atomic E-state index is 12.9. The number of rotatable bonds is 8. The third-order valence-electron chi connectivity index (χ3n) is 4.57. The molecule has 3 nitrogen and oxygen atoms in total. The van der Waals surface area contributed by atoms with Gasteiger partial charge in [-0.05, 0) is 30.5 Å². The van der Waals surface area contributed by atoms with Gasteiger partial charge in [0.05, 0.1) is 4.90 Å². The number of sulfonamides is 1. The van der Waals surface area contributed by atoms with E-state index in [1.807, 2.05) is 30.3 Å². The Morgan fingerprint density at radius 3 is 2.08 bits per heavy atom. The maximum absolute atomic E-state index is 12.9. The molecule has 0 aliphatic heterocycles. The average molecular weight is 343 g/mol. The Morgan fingerprint density at radius 2 is 1.58 bits per heavy atom. The molecule has 0 bridgehead atoms. The molecule has 0 spiro atoms. The van der Waals surface area contributed by atoms with E-state index in [2.05, 4.69) is 25.6 Å². The minimum atomic E-state index is -3.51. The highest BCUT2D eigenvalue weighted by Crippen LogP contribution is 2.34. The van der Waals surface area contributed by atoms with Crippen LogP contribution in [0.2, 0.25) is 0 Å². The minimum Gasteiger partial charge on any atom is -0.207 e. The van der Waals surface area contributed by atoms with Crippen LogP contribution in [0.25, 0.3) is 0 Å². The Morgan fingerprint density at radius 1 is 1.04 bits per heavy atom. The summed E-state index contributed by atoms with van der Waals surface area (Å²) in [5.41, 5.74) is 0.863. The lowest BCUT2D eigenvalue weighted by molar-refractivity contribution is 0.319. The first kappa shape index (κ1) is 18.4. The molecule has 2 aromatic rings. The monoisotopic (exact) mass is 343 g/mol. The predicted molar refractivity (Wildman–Crippen MR) is 99.5 cm³/mol. The molecule has 24 heavy (non-hydrogen) atoms. The fraction of sp³-hybridized carbons (Fsp3) is 0.300. The normalized spacial score (nSPS) is 14.3. The van der Waals surface area contributed by atoms with Crippen LogP contribution >= 0.6 is 0 Å². The summed E-state index contributed by atoms with van der Waals surface area (Å²) in [5.74, 6) is 0. The molecule has 2 aromatic carbocycles. The van der Waals surface area contributed by atoms with Gasteiger partial charge in [-0.25, -0.2) is 12.7 Å². The summed E-state index contributed by atoms with van der Waals surface area (Å²) in [6.07, 6.45) is 3.43. The van der Waals surface area contributed by atoms with Crippen molar-refractivity contribution in [2.75, 3.05) is 13.6 Å². The smallest absolute Gasteiger partial charge is 0.207 e. The maximum Gasteiger partial charge on any atom is 0.242 e. The van der Waals surface area contributed by atoms with Crippen molar-refractivity contribution in [2.45, 2.75) is 30.1 Å². The van der Waals surface area contributed by atoms with Gasteiger partial charge in [-0.15, -0.1) is 6.58 Å². The highest BCUT2D eigenvalue weighted by atomic mass is 32.2. The van der Waals surface area contributed by atoms with Crippen molar-refractivity contribution in [3.05, 3.63) is 78.9 Å². The number of allylic oxidation sites excluding steroid dienone is 1. The zero-order valence-electron chi connectivity index (χ0n) is 14.4. The number of nitrogens with zero attached hydrogens (tertiary/aromatic N) is 1. The van der Waals surface area contributed by atoms with Crippen LogP contribution in [0.4, 0.5) is 0 Å². The van der Waals surface area contributed by atoms with Gasteiger partial charge in [0.25, 0.3) is 0 Å². The second kappa shape index (κ2) is 7.77. The number of hydrogen-bond acceptors (Lipinski definition) is 2. The van der Waals surface area contributed by atoms with E-state index in [1.54, 1.807) is 31.3 Å². The first-order valence-corrected chi connectivity index (χ1v) is 9.58. The van der Waals surface area contributed by atoms with Crippen molar-refractivity contribution in [1.82, 2.24) is 4.31 Å². The Bertz CT molecular complexity index is 757. The van der Waals surface area contributed by atoms with E-state index < -0.39 is 10.0 Å². The van der Waals surface area contributed by atoms with Gasteiger partial charge in [0, 0.05) is 19.0 Å². The molecule has 0 radical (unpaired) electrons. The van der Waals surface area contributed by atoms with Crippen molar-refractivity contribution >= 4 is 10.0 Å². The van der Waals surface area contributed by atoms with Crippen molar-refractivity contribution in [3.8, 4) is 0 Å². The summed E-state index contributed by atoms with van der Waals surface area (Å²) in [7, 11) is -1.86. The highest BCUT2D eigenvalue weighted by molar-refractivity contribution is 7.89. The molecule has 0 heterocycles. The first-order chi connectivity index (χ1) is 11.5. The van der Waals surface area contributed by atoms with Crippen LogP contribution in [-0.4, -0.2) is 26.3 Å². The highest BCUT2D eigenvalue weighted by Gasteiger charge is 2.34. The second-order valence-corrected chi connectivity index (χ2v) is 8.11. The molecule has 4 heteroatoms. The van der Waals surface area contributed by atoms with Crippen LogP contribution < -0.4 is 0 Å². The fourth-order valence-corrected chi connectivity index (χ4v) is 4.36. The SMILES string of the molecule is C=CCC(CC)(CN(C)S(=O)(=O)c1ccccc1)c1ccccc1. The van der Waals surface area contributed by atoms with Gasteiger partial charge < -0.3 is 0 Å². The number of likely N-dealkylation sites (N-methyl/N-ethyl adjacent to an activating group) is 1.